The third kappa shape index (κ3) is 7.26. The summed E-state index contributed by atoms with van der Waals surface area (Å²) >= 11 is 0. The van der Waals surface area contributed by atoms with Gasteiger partial charge in [-0.05, 0) is 48.3 Å². The van der Waals surface area contributed by atoms with Crippen molar-refractivity contribution >= 4 is 0 Å². The third-order valence-corrected chi connectivity index (χ3v) is 7.86. The van der Waals surface area contributed by atoms with Gasteiger partial charge in [-0.3, -0.25) is 0 Å². The molecular formula is C25H48. The fourth-order valence-electron chi connectivity index (χ4n) is 6.07. The number of hydrogen-bond acceptors (Lipinski definition) is 0. The molecule has 0 aromatic rings. The average Bonchev–Trinajstić information content (AvgIpc) is 2.67. The summed E-state index contributed by atoms with van der Waals surface area (Å²) in [6.07, 6.45) is 23.2. The minimum absolute atomic E-state index is 1.01. The van der Waals surface area contributed by atoms with Crippen LogP contribution in [0.15, 0.2) is 0 Å². The number of rotatable bonds is 5. The van der Waals surface area contributed by atoms with Gasteiger partial charge in [-0.2, -0.15) is 0 Å². The van der Waals surface area contributed by atoms with Crippen LogP contribution in [0.2, 0.25) is 0 Å². The average molecular weight is 349 g/mol. The van der Waals surface area contributed by atoms with Gasteiger partial charge in [-0.1, -0.05) is 111 Å². The summed E-state index contributed by atoms with van der Waals surface area (Å²) in [5, 5.41) is 0. The predicted molar refractivity (Wildman–Crippen MR) is 113 cm³/mol. The van der Waals surface area contributed by atoms with E-state index < -0.39 is 0 Å². The minimum Gasteiger partial charge on any atom is -0.0683 e. The van der Waals surface area contributed by atoms with Gasteiger partial charge < -0.3 is 0 Å². The van der Waals surface area contributed by atoms with Crippen LogP contribution in [0.25, 0.3) is 0 Å². The second kappa shape index (κ2) is 11.7. The number of hydrogen-bond donors (Lipinski definition) is 0. The standard InChI is InChI=1S/C23H42.C2H6/c1-18-8-12-20(13-9-18)16-23(22-6-4-3-5-7-22)17-21-14-10-19(2)11-15-21;1-2/h18-23H,3-17H2,1-2H3;1-2H3. The Morgan fingerprint density at radius 3 is 1.36 bits per heavy atom. The Morgan fingerprint density at radius 1 is 0.560 bits per heavy atom. The van der Waals surface area contributed by atoms with Crippen LogP contribution in [0, 0.1) is 35.5 Å². The SMILES string of the molecule is CC.CC1CCC(CC(CC2CCC(C)CC2)C2CCCCC2)CC1. The second-order valence-corrected chi connectivity index (χ2v) is 9.88. The van der Waals surface area contributed by atoms with E-state index in [1.807, 2.05) is 13.8 Å². The van der Waals surface area contributed by atoms with Crippen LogP contribution in [0.1, 0.15) is 124 Å². The van der Waals surface area contributed by atoms with Crippen LogP contribution in [-0.2, 0) is 0 Å². The van der Waals surface area contributed by atoms with Crippen molar-refractivity contribution in [3.8, 4) is 0 Å². The van der Waals surface area contributed by atoms with Crippen LogP contribution in [0.4, 0.5) is 0 Å². The quantitative estimate of drug-likeness (QED) is 0.466. The first kappa shape index (κ1) is 21.3. The fraction of sp³-hybridized carbons (Fsp3) is 1.00. The normalized spacial score (nSPS) is 35.5. The Morgan fingerprint density at radius 2 is 0.960 bits per heavy atom. The summed E-state index contributed by atoms with van der Waals surface area (Å²) in [5.74, 6) is 6.38. The maximum Gasteiger partial charge on any atom is -0.0381 e. The molecule has 0 aromatic heterocycles. The molecule has 0 bridgehead atoms. The zero-order valence-electron chi connectivity index (χ0n) is 18.1. The molecule has 0 unspecified atom stereocenters. The lowest BCUT2D eigenvalue weighted by molar-refractivity contribution is 0.136. The lowest BCUT2D eigenvalue weighted by Crippen LogP contribution is -2.26. The van der Waals surface area contributed by atoms with Crippen molar-refractivity contribution in [3.63, 3.8) is 0 Å². The molecule has 0 aliphatic heterocycles. The van der Waals surface area contributed by atoms with E-state index in [0.717, 1.165) is 35.5 Å². The molecule has 148 valence electrons. The van der Waals surface area contributed by atoms with Crippen LogP contribution >= 0.6 is 0 Å². The van der Waals surface area contributed by atoms with Crippen LogP contribution in [0.5, 0.6) is 0 Å². The van der Waals surface area contributed by atoms with Gasteiger partial charge >= 0.3 is 0 Å². The highest BCUT2D eigenvalue weighted by Gasteiger charge is 2.31. The molecule has 3 aliphatic carbocycles. The smallest absolute Gasteiger partial charge is 0.0381 e. The molecule has 0 nitrogen and oxygen atoms in total. The summed E-state index contributed by atoms with van der Waals surface area (Å²) in [4.78, 5) is 0. The molecule has 0 N–H and O–H groups in total. The zero-order chi connectivity index (χ0) is 18.1. The maximum absolute atomic E-state index is 2.47. The lowest BCUT2D eigenvalue weighted by Gasteiger charge is -2.38. The van der Waals surface area contributed by atoms with E-state index in [1.54, 1.807) is 51.4 Å². The van der Waals surface area contributed by atoms with Gasteiger partial charge in [0.1, 0.15) is 0 Å². The Hall–Kier alpha value is 0. The van der Waals surface area contributed by atoms with Gasteiger partial charge in [0.15, 0.2) is 0 Å². The van der Waals surface area contributed by atoms with Gasteiger partial charge in [0.2, 0.25) is 0 Å². The summed E-state index contributed by atoms with van der Waals surface area (Å²) in [6.45, 7) is 8.94. The molecule has 25 heavy (non-hydrogen) atoms. The van der Waals surface area contributed by atoms with Gasteiger partial charge in [-0.25, -0.2) is 0 Å². The largest absolute Gasteiger partial charge is 0.0683 e. The first-order valence-corrected chi connectivity index (χ1v) is 12.2. The Labute approximate surface area is 159 Å². The molecular weight excluding hydrogens is 300 g/mol. The summed E-state index contributed by atoms with van der Waals surface area (Å²) in [7, 11) is 0. The highest BCUT2D eigenvalue weighted by Crippen LogP contribution is 2.43. The minimum atomic E-state index is 1.01. The third-order valence-electron chi connectivity index (χ3n) is 7.86. The molecule has 3 rings (SSSR count). The van der Waals surface area contributed by atoms with Crippen LogP contribution < -0.4 is 0 Å². The Bertz CT molecular complexity index is 287. The fourth-order valence-corrected chi connectivity index (χ4v) is 6.07. The van der Waals surface area contributed by atoms with Crippen molar-refractivity contribution in [2.45, 2.75) is 124 Å². The monoisotopic (exact) mass is 348 g/mol. The molecule has 0 radical (unpaired) electrons. The second-order valence-electron chi connectivity index (χ2n) is 9.88. The molecule has 0 saturated heterocycles. The van der Waals surface area contributed by atoms with Gasteiger partial charge in [0.25, 0.3) is 0 Å². The summed E-state index contributed by atoms with van der Waals surface area (Å²) < 4.78 is 0. The van der Waals surface area contributed by atoms with E-state index in [-0.39, 0.29) is 0 Å². The molecule has 3 saturated carbocycles. The van der Waals surface area contributed by atoms with E-state index in [4.69, 9.17) is 0 Å². The van der Waals surface area contributed by atoms with E-state index in [9.17, 15) is 0 Å². The van der Waals surface area contributed by atoms with Crippen LogP contribution in [0.3, 0.4) is 0 Å². The first-order valence-electron chi connectivity index (χ1n) is 12.2. The molecule has 0 atom stereocenters. The van der Waals surface area contributed by atoms with Gasteiger partial charge in [0.05, 0.1) is 0 Å². The van der Waals surface area contributed by atoms with Crippen molar-refractivity contribution in [1.82, 2.24) is 0 Å². The molecule has 0 heteroatoms. The van der Waals surface area contributed by atoms with E-state index in [0.29, 0.717) is 0 Å². The van der Waals surface area contributed by atoms with Crippen molar-refractivity contribution in [1.29, 1.82) is 0 Å². The molecule has 0 spiro atoms. The van der Waals surface area contributed by atoms with Crippen molar-refractivity contribution in [3.05, 3.63) is 0 Å². The summed E-state index contributed by atoms with van der Waals surface area (Å²) in [6, 6.07) is 0. The highest BCUT2D eigenvalue weighted by atomic mass is 14.4. The van der Waals surface area contributed by atoms with Gasteiger partial charge in [0, 0.05) is 0 Å². The topological polar surface area (TPSA) is 0 Å². The van der Waals surface area contributed by atoms with E-state index >= 15 is 0 Å². The maximum atomic E-state index is 2.47. The molecule has 0 aromatic carbocycles. The van der Waals surface area contributed by atoms with Crippen molar-refractivity contribution in [2.24, 2.45) is 35.5 Å². The van der Waals surface area contributed by atoms with Gasteiger partial charge in [-0.15, -0.1) is 0 Å². The molecule has 0 amide bonds. The van der Waals surface area contributed by atoms with Crippen LogP contribution in [-0.4, -0.2) is 0 Å². The summed E-state index contributed by atoms with van der Waals surface area (Å²) in [5.41, 5.74) is 0. The molecule has 3 fully saturated rings. The lowest BCUT2D eigenvalue weighted by atomic mass is 9.68. The van der Waals surface area contributed by atoms with E-state index in [1.165, 1.54) is 44.9 Å². The van der Waals surface area contributed by atoms with Crippen molar-refractivity contribution < 1.29 is 0 Å². The predicted octanol–water partition coefficient (Wildman–Crippen LogP) is 8.64. The molecule has 3 aliphatic rings. The first-order chi connectivity index (χ1) is 12.2. The zero-order valence-corrected chi connectivity index (χ0v) is 18.1. The Kier molecular flexibility index (Phi) is 9.93. The highest BCUT2D eigenvalue weighted by molar-refractivity contribution is 4.82. The molecule has 0 heterocycles. The van der Waals surface area contributed by atoms with Crippen molar-refractivity contribution in [2.75, 3.05) is 0 Å². The Balaban J connectivity index is 0.00000109. The van der Waals surface area contributed by atoms with E-state index in [2.05, 4.69) is 13.8 Å².